The zero-order chi connectivity index (χ0) is 51.4. The number of aliphatic hydroxyl groups is 2. The number of unbranched alkanes of at least 4 members (excludes halogenated alkanes) is 41. The highest BCUT2D eigenvalue weighted by atomic mass is 16.5. The third-order valence-corrected chi connectivity index (χ3v) is 14.3. The third-order valence-electron chi connectivity index (χ3n) is 14.3. The Labute approximate surface area is 442 Å². The van der Waals surface area contributed by atoms with Gasteiger partial charge in [-0.15, -0.1) is 0 Å². The predicted octanol–water partition coefficient (Wildman–Crippen LogP) is 19.7. The van der Waals surface area contributed by atoms with E-state index in [-0.39, 0.29) is 18.5 Å². The molecule has 2 atom stereocenters. The number of esters is 1. The monoisotopic (exact) mass is 996 g/mol. The Hall–Kier alpha value is -2.18. The molecule has 0 aliphatic heterocycles. The second kappa shape index (κ2) is 60.4. The summed E-state index contributed by atoms with van der Waals surface area (Å²) in [5.41, 5.74) is 0. The zero-order valence-electron chi connectivity index (χ0n) is 47.5. The van der Waals surface area contributed by atoms with Crippen molar-refractivity contribution in [3.05, 3.63) is 48.6 Å². The first-order chi connectivity index (χ1) is 35.0. The number of ether oxygens (including phenoxy) is 1. The molecule has 1 amide bonds. The van der Waals surface area contributed by atoms with E-state index in [0.717, 1.165) is 51.4 Å². The largest absolute Gasteiger partial charge is 0.466 e. The number of aliphatic hydroxyl groups excluding tert-OH is 2. The summed E-state index contributed by atoms with van der Waals surface area (Å²) in [6, 6.07) is -0.627. The van der Waals surface area contributed by atoms with Crippen molar-refractivity contribution in [1.82, 2.24) is 5.32 Å². The molecule has 0 aliphatic rings. The average molecular weight is 997 g/mol. The van der Waals surface area contributed by atoms with Crippen LogP contribution in [-0.4, -0.2) is 47.4 Å². The summed E-state index contributed by atoms with van der Waals surface area (Å²) in [7, 11) is 0. The van der Waals surface area contributed by atoms with Crippen LogP contribution in [0.1, 0.15) is 328 Å². The maximum Gasteiger partial charge on any atom is 0.305 e. The van der Waals surface area contributed by atoms with E-state index in [9.17, 15) is 19.8 Å². The molecule has 0 saturated heterocycles. The van der Waals surface area contributed by atoms with Gasteiger partial charge in [0.2, 0.25) is 5.91 Å². The van der Waals surface area contributed by atoms with Gasteiger partial charge in [-0.1, -0.05) is 281 Å². The van der Waals surface area contributed by atoms with Gasteiger partial charge in [0.1, 0.15) is 0 Å². The minimum absolute atomic E-state index is 0.000402. The third kappa shape index (κ3) is 57.0. The first kappa shape index (κ1) is 68.8. The molecule has 0 radical (unpaired) electrons. The fraction of sp³-hybridized carbons (Fsp3) is 0.846. The molecule has 0 heterocycles. The van der Waals surface area contributed by atoms with Crippen molar-refractivity contribution in [2.24, 2.45) is 0 Å². The summed E-state index contributed by atoms with van der Waals surface area (Å²) in [5, 5.41) is 23.1. The first-order valence-corrected chi connectivity index (χ1v) is 31.4. The van der Waals surface area contributed by atoms with Crippen molar-refractivity contribution < 1.29 is 24.5 Å². The molecular weight excluding hydrogens is 875 g/mol. The van der Waals surface area contributed by atoms with Gasteiger partial charge in [-0.3, -0.25) is 9.59 Å². The van der Waals surface area contributed by atoms with Crippen LogP contribution in [0.15, 0.2) is 48.6 Å². The van der Waals surface area contributed by atoms with Crippen molar-refractivity contribution >= 4 is 11.9 Å². The van der Waals surface area contributed by atoms with Gasteiger partial charge in [-0.2, -0.15) is 0 Å². The van der Waals surface area contributed by atoms with E-state index >= 15 is 0 Å². The number of rotatable bonds is 58. The van der Waals surface area contributed by atoms with Gasteiger partial charge >= 0.3 is 5.97 Å². The van der Waals surface area contributed by atoms with Crippen molar-refractivity contribution in [3.8, 4) is 0 Å². The SMILES string of the molecule is CCCC/C=C\C/C=C\CCCCCCCC(=O)OCCCCCCCCCCCCCC/C=C\CCCCCCCCCCCCCCC(=O)NC(CO)C(O)/C=C/CCCCCCCCCCCC. The molecule has 0 bridgehead atoms. The number of carbonyl (C=O) groups is 2. The summed E-state index contributed by atoms with van der Waals surface area (Å²) >= 11 is 0. The van der Waals surface area contributed by atoms with Crippen LogP contribution in [0.25, 0.3) is 0 Å². The standard InChI is InChI=1S/C65H121NO5/c1-3-5-7-9-11-13-15-17-35-39-43-47-51-55-59-65(70)71-60-56-52-48-44-40-36-33-31-29-27-25-23-21-19-18-20-22-24-26-28-30-32-34-38-42-46-50-54-58-64(69)66-62(61-67)63(68)57-53-49-45-41-37-16-14-12-10-8-6-4-2/h9,11,15,17-19,53,57,62-63,67-68H,3-8,10,12-14,16,20-52,54-56,58-61H2,1-2H3,(H,66,69)/b11-9-,17-15-,19-18-,57-53+. The normalized spacial score (nSPS) is 12.9. The molecular formula is C65H121NO5. The summed E-state index contributed by atoms with van der Waals surface area (Å²) in [6.45, 7) is 4.86. The van der Waals surface area contributed by atoms with Gasteiger partial charge in [-0.05, 0) is 83.5 Å². The number of hydrogen-bond acceptors (Lipinski definition) is 5. The van der Waals surface area contributed by atoms with E-state index < -0.39 is 12.1 Å². The van der Waals surface area contributed by atoms with Crippen LogP contribution < -0.4 is 5.32 Å². The van der Waals surface area contributed by atoms with Gasteiger partial charge in [0.05, 0.1) is 25.4 Å². The smallest absolute Gasteiger partial charge is 0.305 e. The molecule has 71 heavy (non-hydrogen) atoms. The maximum absolute atomic E-state index is 12.4. The summed E-state index contributed by atoms with van der Waals surface area (Å²) in [5.74, 6) is -0.0681. The number of hydrogen-bond donors (Lipinski definition) is 3. The predicted molar refractivity (Wildman–Crippen MR) is 310 cm³/mol. The number of nitrogens with one attached hydrogen (secondary N) is 1. The number of amides is 1. The first-order valence-electron chi connectivity index (χ1n) is 31.4. The lowest BCUT2D eigenvalue weighted by atomic mass is 10.0. The Bertz CT molecular complexity index is 1190. The van der Waals surface area contributed by atoms with Crippen molar-refractivity contribution in [1.29, 1.82) is 0 Å². The van der Waals surface area contributed by atoms with Crippen LogP contribution >= 0.6 is 0 Å². The highest BCUT2D eigenvalue weighted by molar-refractivity contribution is 5.76. The Morgan fingerprint density at radius 1 is 0.394 bits per heavy atom. The molecule has 6 nitrogen and oxygen atoms in total. The molecule has 0 saturated carbocycles. The van der Waals surface area contributed by atoms with E-state index in [1.807, 2.05) is 6.08 Å². The average Bonchev–Trinajstić information content (AvgIpc) is 3.37. The molecule has 0 aromatic carbocycles. The lowest BCUT2D eigenvalue weighted by molar-refractivity contribution is -0.143. The second-order valence-electron chi connectivity index (χ2n) is 21.4. The van der Waals surface area contributed by atoms with E-state index in [4.69, 9.17) is 4.74 Å². The summed E-state index contributed by atoms with van der Waals surface area (Å²) < 4.78 is 5.47. The highest BCUT2D eigenvalue weighted by Crippen LogP contribution is 2.17. The van der Waals surface area contributed by atoms with E-state index in [1.165, 1.54) is 250 Å². The lowest BCUT2D eigenvalue weighted by Crippen LogP contribution is -2.45. The minimum Gasteiger partial charge on any atom is -0.466 e. The Kier molecular flexibility index (Phi) is 58.5. The molecule has 0 fully saturated rings. The highest BCUT2D eigenvalue weighted by Gasteiger charge is 2.18. The number of allylic oxidation sites excluding steroid dienone is 7. The molecule has 6 heteroatoms. The van der Waals surface area contributed by atoms with Gasteiger partial charge in [0.15, 0.2) is 0 Å². The number of carbonyl (C=O) groups excluding carboxylic acids is 2. The molecule has 0 aliphatic carbocycles. The fourth-order valence-corrected chi connectivity index (χ4v) is 9.47. The van der Waals surface area contributed by atoms with Crippen LogP contribution in [-0.2, 0) is 14.3 Å². The van der Waals surface area contributed by atoms with Gasteiger partial charge in [0.25, 0.3) is 0 Å². The Morgan fingerprint density at radius 2 is 0.718 bits per heavy atom. The lowest BCUT2D eigenvalue weighted by Gasteiger charge is -2.20. The molecule has 0 rings (SSSR count). The van der Waals surface area contributed by atoms with Gasteiger partial charge in [0, 0.05) is 12.8 Å². The molecule has 2 unspecified atom stereocenters. The quantitative estimate of drug-likeness (QED) is 0.0321. The molecule has 3 N–H and O–H groups in total. The van der Waals surface area contributed by atoms with Crippen molar-refractivity contribution in [2.45, 2.75) is 341 Å². The zero-order valence-corrected chi connectivity index (χ0v) is 47.5. The van der Waals surface area contributed by atoms with E-state index in [0.29, 0.717) is 19.4 Å². The van der Waals surface area contributed by atoms with Crippen molar-refractivity contribution in [3.63, 3.8) is 0 Å². The maximum atomic E-state index is 12.4. The van der Waals surface area contributed by atoms with Gasteiger partial charge < -0.3 is 20.3 Å². The Morgan fingerprint density at radius 3 is 1.13 bits per heavy atom. The van der Waals surface area contributed by atoms with Gasteiger partial charge in [-0.25, -0.2) is 0 Å². The van der Waals surface area contributed by atoms with Crippen molar-refractivity contribution in [2.75, 3.05) is 13.2 Å². The van der Waals surface area contributed by atoms with E-state index in [1.54, 1.807) is 6.08 Å². The molecule has 416 valence electrons. The minimum atomic E-state index is -0.844. The summed E-state index contributed by atoms with van der Waals surface area (Å²) in [4.78, 5) is 24.5. The van der Waals surface area contributed by atoms with E-state index in [2.05, 4.69) is 55.6 Å². The topological polar surface area (TPSA) is 95.9 Å². The molecule has 0 spiro atoms. The molecule has 0 aromatic rings. The fourth-order valence-electron chi connectivity index (χ4n) is 9.47. The van der Waals surface area contributed by atoms with Crippen LogP contribution in [0, 0.1) is 0 Å². The molecule has 0 aromatic heterocycles. The summed E-state index contributed by atoms with van der Waals surface area (Å²) in [6.07, 6.45) is 77.3. The second-order valence-corrected chi connectivity index (χ2v) is 21.4. The van der Waals surface area contributed by atoms with Crippen LogP contribution in [0.5, 0.6) is 0 Å². The van der Waals surface area contributed by atoms with Crippen LogP contribution in [0.3, 0.4) is 0 Å². The Balaban J connectivity index is 3.39. The van der Waals surface area contributed by atoms with Crippen LogP contribution in [0.2, 0.25) is 0 Å². The van der Waals surface area contributed by atoms with Crippen LogP contribution in [0.4, 0.5) is 0 Å².